The van der Waals surface area contributed by atoms with Crippen LogP contribution in [-0.4, -0.2) is 20.7 Å². The van der Waals surface area contributed by atoms with Gasteiger partial charge in [0.25, 0.3) is 0 Å². The monoisotopic (exact) mass is 252 g/mol. The number of hydrogen-bond donors (Lipinski definition) is 1. The van der Waals surface area contributed by atoms with E-state index in [1.807, 2.05) is 19.1 Å². The largest absolute Gasteiger partial charge is 0.426 e. The molecule has 2 aromatic carbocycles. The summed E-state index contributed by atoms with van der Waals surface area (Å²) in [6.07, 6.45) is 0. The van der Waals surface area contributed by atoms with Crippen LogP contribution in [0.2, 0.25) is 0 Å². The van der Waals surface area contributed by atoms with Crippen LogP contribution >= 0.6 is 0 Å². The maximum Gasteiger partial charge on any atom is 0.231 e. The third-order valence-electron chi connectivity index (χ3n) is 3.03. The molecular formula is C15H12N2O2. The Morgan fingerprint density at radius 2 is 1.89 bits per heavy atom. The van der Waals surface area contributed by atoms with E-state index in [0.717, 1.165) is 10.3 Å². The minimum Gasteiger partial charge on any atom is -0.426 e. The maximum absolute atomic E-state index is 12.3. The van der Waals surface area contributed by atoms with Gasteiger partial charge in [-0.1, -0.05) is 36.4 Å². The molecule has 0 spiro atoms. The summed E-state index contributed by atoms with van der Waals surface area (Å²) in [7, 11) is 0. The van der Waals surface area contributed by atoms with Gasteiger partial charge in [0.2, 0.25) is 11.6 Å². The molecule has 1 aromatic heterocycles. The van der Waals surface area contributed by atoms with Crippen molar-refractivity contribution in [1.29, 1.82) is 0 Å². The number of imidazole rings is 1. The van der Waals surface area contributed by atoms with E-state index >= 15 is 0 Å². The minimum absolute atomic E-state index is 0.0341. The van der Waals surface area contributed by atoms with Gasteiger partial charge in [-0.05, 0) is 24.6 Å². The number of carbonyl (C=O) groups excluding carboxylic acids is 1. The highest BCUT2D eigenvalue weighted by atomic mass is 16.5. The topological polar surface area (TPSA) is 55.1 Å². The van der Waals surface area contributed by atoms with Gasteiger partial charge in [0, 0.05) is 5.56 Å². The van der Waals surface area contributed by atoms with E-state index in [2.05, 4.69) is 4.98 Å². The summed E-state index contributed by atoms with van der Waals surface area (Å²) >= 11 is 0. The number of fused-ring (bicyclic) bond motifs is 1. The van der Waals surface area contributed by atoms with Crippen molar-refractivity contribution in [3.63, 3.8) is 0 Å². The van der Waals surface area contributed by atoms with Crippen LogP contribution in [0.4, 0.5) is 0 Å². The number of ketones is 1. The quantitative estimate of drug-likeness (QED) is 0.563. The van der Waals surface area contributed by atoms with Crippen LogP contribution in [0, 0.1) is 6.92 Å². The molecule has 0 aliphatic heterocycles. The molecule has 19 heavy (non-hydrogen) atoms. The third kappa shape index (κ3) is 1.87. The van der Waals surface area contributed by atoms with Crippen LogP contribution in [-0.2, 0) is 0 Å². The second-order valence-corrected chi connectivity index (χ2v) is 4.43. The average molecular weight is 252 g/mol. The van der Waals surface area contributed by atoms with Gasteiger partial charge in [0.15, 0.2) is 0 Å². The number of aryl methyl sites for hydroxylation is 1. The summed E-state index contributed by atoms with van der Waals surface area (Å²) in [6.45, 7) is 1.92. The van der Waals surface area contributed by atoms with Crippen LogP contribution in [0.3, 0.4) is 0 Å². The Morgan fingerprint density at radius 3 is 2.63 bits per heavy atom. The van der Waals surface area contributed by atoms with Crippen molar-refractivity contribution in [3.8, 4) is 0 Å². The molecule has 0 unspecified atom stereocenters. The summed E-state index contributed by atoms with van der Waals surface area (Å²) in [5.41, 5.74) is 2.65. The van der Waals surface area contributed by atoms with E-state index in [1.54, 1.807) is 36.4 Å². The van der Waals surface area contributed by atoms with Crippen molar-refractivity contribution in [2.75, 3.05) is 0 Å². The zero-order chi connectivity index (χ0) is 13.4. The van der Waals surface area contributed by atoms with Crippen molar-refractivity contribution in [1.82, 2.24) is 9.71 Å². The molecule has 3 aromatic rings. The van der Waals surface area contributed by atoms with E-state index in [4.69, 9.17) is 0 Å². The highest BCUT2D eigenvalue weighted by molar-refractivity contribution is 6.08. The summed E-state index contributed by atoms with van der Waals surface area (Å²) in [4.78, 5) is 16.5. The molecule has 3 rings (SSSR count). The van der Waals surface area contributed by atoms with Gasteiger partial charge in [-0.2, -0.15) is 4.73 Å². The van der Waals surface area contributed by atoms with Gasteiger partial charge in [0.05, 0.1) is 5.52 Å². The molecule has 0 radical (unpaired) electrons. The van der Waals surface area contributed by atoms with Crippen molar-refractivity contribution in [2.45, 2.75) is 6.92 Å². The summed E-state index contributed by atoms with van der Waals surface area (Å²) in [5, 5.41) is 10.1. The molecular weight excluding hydrogens is 240 g/mol. The van der Waals surface area contributed by atoms with E-state index < -0.39 is 0 Å². The molecule has 94 valence electrons. The lowest BCUT2D eigenvalue weighted by Crippen LogP contribution is -2.09. The lowest BCUT2D eigenvalue weighted by molar-refractivity contribution is 0.0983. The van der Waals surface area contributed by atoms with Gasteiger partial charge in [-0.3, -0.25) is 4.79 Å². The van der Waals surface area contributed by atoms with Gasteiger partial charge < -0.3 is 5.21 Å². The van der Waals surface area contributed by atoms with Crippen molar-refractivity contribution in [3.05, 3.63) is 65.5 Å². The molecule has 0 aliphatic carbocycles. The number of nitrogens with zero attached hydrogens (tertiary/aromatic N) is 2. The Labute approximate surface area is 109 Å². The Kier molecular flexibility index (Phi) is 2.56. The number of carbonyl (C=O) groups is 1. The van der Waals surface area contributed by atoms with E-state index in [-0.39, 0.29) is 11.6 Å². The van der Waals surface area contributed by atoms with Crippen molar-refractivity contribution < 1.29 is 10.0 Å². The lowest BCUT2D eigenvalue weighted by atomic mass is 10.1. The summed E-state index contributed by atoms with van der Waals surface area (Å²) in [5.74, 6) is -0.260. The first-order valence-corrected chi connectivity index (χ1v) is 5.95. The molecule has 4 heteroatoms. The normalized spacial score (nSPS) is 10.8. The van der Waals surface area contributed by atoms with Gasteiger partial charge in [-0.25, -0.2) is 4.98 Å². The van der Waals surface area contributed by atoms with Crippen molar-refractivity contribution >= 4 is 16.8 Å². The van der Waals surface area contributed by atoms with E-state index in [1.165, 1.54) is 0 Å². The molecule has 0 fully saturated rings. The number of aromatic nitrogens is 2. The van der Waals surface area contributed by atoms with Crippen LogP contribution < -0.4 is 0 Å². The highest BCUT2D eigenvalue weighted by Crippen LogP contribution is 2.18. The van der Waals surface area contributed by atoms with Crippen LogP contribution in [0.15, 0.2) is 48.5 Å². The highest BCUT2D eigenvalue weighted by Gasteiger charge is 2.18. The Hall–Kier alpha value is -2.62. The zero-order valence-electron chi connectivity index (χ0n) is 10.4. The van der Waals surface area contributed by atoms with Gasteiger partial charge in [0.1, 0.15) is 5.52 Å². The Balaban J connectivity index is 2.16. The number of hydrogen-bond acceptors (Lipinski definition) is 3. The third-order valence-corrected chi connectivity index (χ3v) is 3.03. The fraction of sp³-hybridized carbons (Fsp3) is 0.0667. The number of benzene rings is 2. The predicted octanol–water partition coefficient (Wildman–Crippen LogP) is 2.81. The smallest absolute Gasteiger partial charge is 0.231 e. The molecule has 1 heterocycles. The van der Waals surface area contributed by atoms with Gasteiger partial charge >= 0.3 is 0 Å². The second kappa shape index (κ2) is 4.24. The summed E-state index contributed by atoms with van der Waals surface area (Å²) < 4.78 is 0.859. The second-order valence-electron chi connectivity index (χ2n) is 4.43. The Bertz CT molecular complexity index is 760. The molecule has 4 nitrogen and oxygen atoms in total. The molecule has 0 saturated carbocycles. The van der Waals surface area contributed by atoms with Crippen LogP contribution in [0.25, 0.3) is 11.0 Å². The molecule has 0 aliphatic rings. The number of rotatable bonds is 2. The molecule has 0 amide bonds. The Morgan fingerprint density at radius 1 is 1.16 bits per heavy atom. The summed E-state index contributed by atoms with van der Waals surface area (Å²) in [6, 6.07) is 14.3. The lowest BCUT2D eigenvalue weighted by Gasteiger charge is -2.00. The van der Waals surface area contributed by atoms with E-state index in [9.17, 15) is 10.0 Å². The van der Waals surface area contributed by atoms with Gasteiger partial charge in [-0.15, -0.1) is 0 Å². The molecule has 0 bridgehead atoms. The molecule has 0 saturated heterocycles. The fourth-order valence-corrected chi connectivity index (χ4v) is 2.04. The standard InChI is InChI=1S/C15H12N2O2/c1-10-7-8-12-13(9-10)17(19)15(16-12)14(18)11-5-3-2-4-6-11/h2-9,19H,1H3. The van der Waals surface area contributed by atoms with E-state index in [0.29, 0.717) is 16.6 Å². The van der Waals surface area contributed by atoms with Crippen LogP contribution in [0.1, 0.15) is 21.7 Å². The first-order chi connectivity index (χ1) is 9.16. The maximum atomic E-state index is 12.3. The average Bonchev–Trinajstić information content (AvgIpc) is 2.76. The molecule has 0 atom stereocenters. The minimum atomic E-state index is -0.294. The fourth-order valence-electron chi connectivity index (χ4n) is 2.04. The van der Waals surface area contributed by atoms with Crippen molar-refractivity contribution in [2.24, 2.45) is 0 Å². The molecule has 1 N–H and O–H groups in total. The predicted molar refractivity (Wildman–Crippen MR) is 71.5 cm³/mol. The van der Waals surface area contributed by atoms with Crippen LogP contribution in [0.5, 0.6) is 0 Å². The first-order valence-electron chi connectivity index (χ1n) is 5.95. The zero-order valence-corrected chi connectivity index (χ0v) is 10.4. The first kappa shape index (κ1) is 11.5. The SMILES string of the molecule is Cc1ccc2nc(C(=O)c3ccccc3)n(O)c2c1.